The van der Waals surface area contributed by atoms with Crippen LogP contribution in [0.1, 0.15) is 12.5 Å². The van der Waals surface area contributed by atoms with E-state index in [1.807, 2.05) is 0 Å². The van der Waals surface area contributed by atoms with E-state index >= 15 is 0 Å². The second kappa shape index (κ2) is 7.30. The lowest BCUT2D eigenvalue weighted by Gasteiger charge is -2.24. The number of para-hydroxylation sites is 1. The predicted molar refractivity (Wildman–Crippen MR) is 75.6 cm³/mol. The highest BCUT2D eigenvalue weighted by molar-refractivity contribution is 5.53. The molecule has 17 heavy (non-hydrogen) atoms. The normalized spacial score (nSPS) is 10.9. The van der Waals surface area contributed by atoms with Crippen molar-refractivity contribution in [2.45, 2.75) is 13.5 Å². The highest BCUT2D eigenvalue weighted by atomic mass is 15.2. The molecule has 0 aliphatic rings. The lowest BCUT2D eigenvalue weighted by Crippen LogP contribution is -2.29. The molecular weight excluding hydrogens is 210 g/mol. The quantitative estimate of drug-likeness (QED) is 0.777. The van der Waals surface area contributed by atoms with Crippen molar-refractivity contribution in [3.05, 3.63) is 29.8 Å². The summed E-state index contributed by atoms with van der Waals surface area (Å²) in [7, 11) is 6.38. The van der Waals surface area contributed by atoms with Crippen LogP contribution in [0.15, 0.2) is 24.3 Å². The van der Waals surface area contributed by atoms with Gasteiger partial charge in [0.15, 0.2) is 0 Å². The van der Waals surface area contributed by atoms with Crippen LogP contribution >= 0.6 is 0 Å². The molecule has 0 saturated carbocycles. The van der Waals surface area contributed by atoms with Gasteiger partial charge in [0.05, 0.1) is 0 Å². The third kappa shape index (κ3) is 4.75. The Morgan fingerprint density at radius 1 is 1.06 bits per heavy atom. The van der Waals surface area contributed by atoms with E-state index in [0.717, 1.165) is 26.2 Å². The van der Waals surface area contributed by atoms with Gasteiger partial charge in [-0.1, -0.05) is 25.1 Å². The van der Waals surface area contributed by atoms with E-state index in [0.29, 0.717) is 0 Å². The van der Waals surface area contributed by atoms with Gasteiger partial charge in [0, 0.05) is 32.4 Å². The lowest BCUT2D eigenvalue weighted by atomic mass is 10.1. The summed E-state index contributed by atoms with van der Waals surface area (Å²) in [5, 5.41) is 3.39. The fourth-order valence-electron chi connectivity index (χ4n) is 1.76. The van der Waals surface area contributed by atoms with Gasteiger partial charge in [-0.15, -0.1) is 0 Å². The Balaban J connectivity index is 2.67. The third-order valence-electron chi connectivity index (χ3n) is 2.85. The molecule has 0 radical (unpaired) electrons. The Labute approximate surface area is 105 Å². The van der Waals surface area contributed by atoms with Gasteiger partial charge >= 0.3 is 0 Å². The first-order chi connectivity index (χ1) is 8.15. The number of nitrogens with one attached hydrogen (secondary N) is 1. The molecule has 0 amide bonds. The van der Waals surface area contributed by atoms with Crippen LogP contribution in [-0.2, 0) is 6.54 Å². The summed E-state index contributed by atoms with van der Waals surface area (Å²) < 4.78 is 0. The highest BCUT2D eigenvalue weighted by Gasteiger charge is 2.06. The minimum absolute atomic E-state index is 0.943. The van der Waals surface area contributed by atoms with Crippen LogP contribution in [-0.4, -0.2) is 45.7 Å². The first-order valence-electron chi connectivity index (χ1n) is 6.29. The molecule has 0 fully saturated rings. The van der Waals surface area contributed by atoms with Gasteiger partial charge < -0.3 is 15.1 Å². The Morgan fingerprint density at radius 3 is 2.41 bits per heavy atom. The SMILES string of the molecule is CCNCc1ccccc1N(C)CCN(C)C. The van der Waals surface area contributed by atoms with E-state index in [1.165, 1.54) is 11.3 Å². The molecule has 1 aromatic rings. The van der Waals surface area contributed by atoms with Crippen LogP contribution in [0, 0.1) is 0 Å². The van der Waals surface area contributed by atoms with Crippen LogP contribution in [0.25, 0.3) is 0 Å². The number of hydrogen-bond donors (Lipinski definition) is 1. The number of anilines is 1. The first-order valence-corrected chi connectivity index (χ1v) is 6.29. The molecule has 0 aliphatic heterocycles. The van der Waals surface area contributed by atoms with Crippen LogP contribution in [0.3, 0.4) is 0 Å². The van der Waals surface area contributed by atoms with Crippen LogP contribution < -0.4 is 10.2 Å². The molecule has 0 aromatic heterocycles. The van der Waals surface area contributed by atoms with Crippen molar-refractivity contribution in [2.24, 2.45) is 0 Å². The number of nitrogens with zero attached hydrogens (tertiary/aromatic N) is 2. The van der Waals surface area contributed by atoms with Crippen molar-refractivity contribution in [1.82, 2.24) is 10.2 Å². The molecule has 1 rings (SSSR count). The Morgan fingerprint density at radius 2 is 1.76 bits per heavy atom. The standard InChI is InChI=1S/C14H25N3/c1-5-15-12-13-8-6-7-9-14(13)17(4)11-10-16(2)3/h6-9,15H,5,10-12H2,1-4H3. The molecule has 0 spiro atoms. The van der Waals surface area contributed by atoms with E-state index in [4.69, 9.17) is 0 Å². The fourth-order valence-corrected chi connectivity index (χ4v) is 1.76. The molecule has 3 nitrogen and oxygen atoms in total. The molecular formula is C14H25N3. The van der Waals surface area contributed by atoms with Crippen molar-refractivity contribution in [3.63, 3.8) is 0 Å². The summed E-state index contributed by atoms with van der Waals surface area (Å²) in [4.78, 5) is 4.54. The van der Waals surface area contributed by atoms with E-state index < -0.39 is 0 Å². The Bertz CT molecular complexity index is 323. The minimum atomic E-state index is 0.943. The summed E-state index contributed by atoms with van der Waals surface area (Å²) in [6.45, 7) is 6.22. The smallest absolute Gasteiger partial charge is 0.0409 e. The molecule has 1 aromatic carbocycles. The summed E-state index contributed by atoms with van der Waals surface area (Å²) >= 11 is 0. The van der Waals surface area contributed by atoms with E-state index in [9.17, 15) is 0 Å². The Kier molecular flexibility index (Phi) is 6.01. The molecule has 0 bridgehead atoms. The monoisotopic (exact) mass is 235 g/mol. The zero-order valence-corrected chi connectivity index (χ0v) is 11.5. The van der Waals surface area contributed by atoms with E-state index in [1.54, 1.807) is 0 Å². The second-order valence-electron chi connectivity index (χ2n) is 4.63. The maximum Gasteiger partial charge on any atom is 0.0409 e. The van der Waals surface area contributed by atoms with Crippen molar-refractivity contribution in [2.75, 3.05) is 45.7 Å². The zero-order valence-electron chi connectivity index (χ0n) is 11.5. The van der Waals surface area contributed by atoms with Crippen LogP contribution in [0.2, 0.25) is 0 Å². The fraction of sp³-hybridized carbons (Fsp3) is 0.571. The average Bonchev–Trinajstić information content (AvgIpc) is 2.33. The van der Waals surface area contributed by atoms with E-state index in [2.05, 4.69) is 67.4 Å². The molecule has 0 atom stereocenters. The maximum absolute atomic E-state index is 3.39. The van der Waals surface area contributed by atoms with Gasteiger partial charge in [-0.3, -0.25) is 0 Å². The molecule has 96 valence electrons. The number of benzene rings is 1. The summed E-state index contributed by atoms with van der Waals surface area (Å²) in [5.74, 6) is 0. The highest BCUT2D eigenvalue weighted by Crippen LogP contribution is 2.18. The first kappa shape index (κ1) is 14.0. The molecule has 0 heterocycles. The average molecular weight is 235 g/mol. The summed E-state index contributed by atoms with van der Waals surface area (Å²) in [5.41, 5.74) is 2.70. The van der Waals surface area contributed by atoms with Crippen molar-refractivity contribution in [1.29, 1.82) is 0 Å². The maximum atomic E-state index is 3.39. The van der Waals surface area contributed by atoms with Crippen molar-refractivity contribution in [3.8, 4) is 0 Å². The van der Waals surface area contributed by atoms with E-state index in [-0.39, 0.29) is 0 Å². The largest absolute Gasteiger partial charge is 0.373 e. The molecule has 1 N–H and O–H groups in total. The molecule has 3 heteroatoms. The van der Waals surface area contributed by atoms with Gasteiger partial charge in [-0.2, -0.15) is 0 Å². The van der Waals surface area contributed by atoms with Gasteiger partial charge in [-0.25, -0.2) is 0 Å². The molecule has 0 saturated heterocycles. The lowest BCUT2D eigenvalue weighted by molar-refractivity contribution is 0.416. The molecule has 0 unspecified atom stereocenters. The number of hydrogen-bond acceptors (Lipinski definition) is 3. The minimum Gasteiger partial charge on any atom is -0.373 e. The number of likely N-dealkylation sites (N-methyl/N-ethyl adjacent to an activating group) is 2. The second-order valence-corrected chi connectivity index (χ2v) is 4.63. The zero-order chi connectivity index (χ0) is 12.7. The van der Waals surface area contributed by atoms with Gasteiger partial charge in [0.25, 0.3) is 0 Å². The van der Waals surface area contributed by atoms with Gasteiger partial charge in [-0.05, 0) is 32.3 Å². The van der Waals surface area contributed by atoms with Gasteiger partial charge in [0.1, 0.15) is 0 Å². The number of rotatable bonds is 7. The van der Waals surface area contributed by atoms with Crippen molar-refractivity contribution < 1.29 is 0 Å². The van der Waals surface area contributed by atoms with Crippen LogP contribution in [0.4, 0.5) is 5.69 Å². The summed E-state index contributed by atoms with van der Waals surface area (Å²) in [6, 6.07) is 8.61. The van der Waals surface area contributed by atoms with Crippen molar-refractivity contribution >= 4 is 5.69 Å². The topological polar surface area (TPSA) is 18.5 Å². The third-order valence-corrected chi connectivity index (χ3v) is 2.85. The summed E-state index contributed by atoms with van der Waals surface area (Å²) in [6.07, 6.45) is 0. The Hall–Kier alpha value is -1.06. The van der Waals surface area contributed by atoms with Gasteiger partial charge in [0.2, 0.25) is 0 Å². The van der Waals surface area contributed by atoms with Crippen LogP contribution in [0.5, 0.6) is 0 Å². The molecule has 0 aliphatic carbocycles. The predicted octanol–water partition coefficient (Wildman–Crippen LogP) is 1.79.